The summed E-state index contributed by atoms with van der Waals surface area (Å²) in [6, 6.07) is 1.74. The third-order valence-electron chi connectivity index (χ3n) is 8.16. The van der Waals surface area contributed by atoms with Crippen molar-refractivity contribution >= 4 is 29.8 Å². The second-order valence-corrected chi connectivity index (χ2v) is 9.92. The van der Waals surface area contributed by atoms with Crippen LogP contribution in [-0.4, -0.2) is 36.9 Å². The van der Waals surface area contributed by atoms with Crippen LogP contribution in [0.3, 0.4) is 0 Å². The molecule has 7 atom stereocenters. The van der Waals surface area contributed by atoms with Crippen LogP contribution in [-0.2, 0) is 33.4 Å². The predicted octanol–water partition coefficient (Wildman–Crippen LogP) is 3.64. The molecule has 2 aliphatic carbocycles. The van der Waals surface area contributed by atoms with Gasteiger partial charge < -0.3 is 18.6 Å². The summed E-state index contributed by atoms with van der Waals surface area (Å²) >= 11 is 0. The van der Waals surface area contributed by atoms with Gasteiger partial charge in [-0.3, -0.25) is 19.2 Å². The van der Waals surface area contributed by atoms with E-state index in [4.69, 9.17) is 18.6 Å². The van der Waals surface area contributed by atoms with Crippen molar-refractivity contribution in [1.82, 2.24) is 0 Å². The van der Waals surface area contributed by atoms with Crippen LogP contribution in [0.4, 0.5) is 0 Å². The molecule has 8 nitrogen and oxygen atoms in total. The fraction of sp³-hybridized carbons (Fsp3) is 0.600. The zero-order chi connectivity index (χ0) is 24.1. The number of hydrogen-bond donors (Lipinski definition) is 0. The normalized spacial score (nSPS) is 37.9. The summed E-state index contributed by atoms with van der Waals surface area (Å²) < 4.78 is 21.7. The minimum atomic E-state index is -1.06. The van der Waals surface area contributed by atoms with Crippen molar-refractivity contribution < 1.29 is 37.8 Å². The molecule has 0 aromatic carbocycles. The van der Waals surface area contributed by atoms with Crippen LogP contribution in [0.2, 0.25) is 0 Å². The lowest BCUT2D eigenvalue weighted by atomic mass is 9.43. The molecule has 2 heterocycles. The quantitative estimate of drug-likeness (QED) is 0.497. The van der Waals surface area contributed by atoms with Crippen molar-refractivity contribution in [2.75, 3.05) is 7.11 Å². The van der Waals surface area contributed by atoms with E-state index in [0.717, 1.165) is 0 Å². The molecule has 1 saturated heterocycles. The Labute approximate surface area is 192 Å². The van der Waals surface area contributed by atoms with E-state index in [1.807, 2.05) is 13.8 Å². The highest BCUT2D eigenvalue weighted by atomic mass is 16.6. The summed E-state index contributed by atoms with van der Waals surface area (Å²) in [7, 11) is 1.31. The molecule has 178 valence electrons. The zero-order valence-corrected chi connectivity index (χ0v) is 19.4. The van der Waals surface area contributed by atoms with Gasteiger partial charge >= 0.3 is 17.9 Å². The second-order valence-electron chi connectivity index (χ2n) is 9.92. The molecule has 4 rings (SSSR count). The highest BCUT2D eigenvalue weighted by Gasteiger charge is 2.67. The lowest BCUT2D eigenvalue weighted by Crippen LogP contribution is -2.64. The number of fused-ring (bicyclic) bond motifs is 3. The maximum Gasteiger partial charge on any atom is 0.310 e. The lowest BCUT2D eigenvalue weighted by Gasteiger charge is -2.61. The molecule has 0 amide bonds. The van der Waals surface area contributed by atoms with Crippen molar-refractivity contribution in [2.45, 2.75) is 58.7 Å². The molecule has 8 heteroatoms. The van der Waals surface area contributed by atoms with Gasteiger partial charge in [0.05, 0.1) is 25.2 Å². The number of methoxy groups -OCH3 is 1. The minimum Gasteiger partial charge on any atom is -0.469 e. The van der Waals surface area contributed by atoms with E-state index in [1.165, 1.54) is 20.3 Å². The molecule has 3 fully saturated rings. The van der Waals surface area contributed by atoms with Crippen LogP contribution in [0.1, 0.15) is 63.9 Å². The van der Waals surface area contributed by atoms with E-state index in [2.05, 4.69) is 6.58 Å². The molecule has 0 radical (unpaired) electrons. The average molecular weight is 459 g/mol. The molecule has 0 bridgehead atoms. The summed E-state index contributed by atoms with van der Waals surface area (Å²) in [5, 5.41) is 0. The Bertz CT molecular complexity index is 1010. The largest absolute Gasteiger partial charge is 0.469 e. The minimum absolute atomic E-state index is 0.0784. The van der Waals surface area contributed by atoms with Gasteiger partial charge in [-0.15, -0.1) is 0 Å². The first-order valence-electron chi connectivity index (χ1n) is 11.3. The monoisotopic (exact) mass is 458 g/mol. The zero-order valence-electron chi connectivity index (χ0n) is 19.4. The molecule has 0 unspecified atom stereocenters. The Kier molecular flexibility index (Phi) is 5.75. The van der Waals surface area contributed by atoms with Gasteiger partial charge in [0.1, 0.15) is 11.9 Å². The Morgan fingerprint density at radius 2 is 1.97 bits per heavy atom. The van der Waals surface area contributed by atoms with Gasteiger partial charge in [-0.1, -0.05) is 20.4 Å². The highest BCUT2D eigenvalue weighted by molar-refractivity contribution is 5.93. The number of carbonyl (C=O) groups is 4. The number of esters is 3. The summed E-state index contributed by atoms with van der Waals surface area (Å²) in [6.45, 7) is 8.83. The Balaban J connectivity index is 1.81. The second kappa shape index (κ2) is 8.15. The smallest absolute Gasteiger partial charge is 0.310 e. The van der Waals surface area contributed by atoms with Crippen molar-refractivity contribution in [2.24, 2.45) is 28.6 Å². The van der Waals surface area contributed by atoms with E-state index >= 15 is 0 Å². The topological polar surface area (TPSA) is 109 Å². The number of ketones is 1. The first-order valence-corrected chi connectivity index (χ1v) is 11.3. The van der Waals surface area contributed by atoms with Crippen LogP contribution in [0.5, 0.6) is 0 Å². The number of Topliss-reactive ketones (excluding diaryl/α,β-unsaturated/α-hetero) is 1. The summed E-state index contributed by atoms with van der Waals surface area (Å²) in [4.78, 5) is 51.6. The van der Waals surface area contributed by atoms with Crippen LogP contribution >= 0.6 is 0 Å². The van der Waals surface area contributed by atoms with Crippen LogP contribution in [0, 0.1) is 28.6 Å². The maximum atomic E-state index is 13.8. The first kappa shape index (κ1) is 23.3. The first-order chi connectivity index (χ1) is 15.6. The standard InChI is InChI=1S/C25H30O8/c1-6-17-14(8-10-31-17)19-12-25(4)15(23(29)33-19)7-9-24(3)16(22(28)30-5)11-18(32-13(2)26)20(27)21(24)25/h6,8,10,15-16,18-19,21H,1,7,9,11-12H2,2-5H3/t15-,16-,18-,19+,21-,24-,25-/m0/s1. The molecule has 2 saturated carbocycles. The van der Waals surface area contributed by atoms with Gasteiger partial charge in [-0.2, -0.15) is 0 Å². The van der Waals surface area contributed by atoms with Crippen LogP contribution in [0.15, 0.2) is 23.3 Å². The van der Waals surface area contributed by atoms with E-state index in [9.17, 15) is 19.2 Å². The third-order valence-corrected chi connectivity index (χ3v) is 8.16. The molecule has 3 aliphatic rings. The fourth-order valence-corrected chi connectivity index (χ4v) is 6.76. The van der Waals surface area contributed by atoms with Crippen LogP contribution < -0.4 is 0 Å². The molecule has 1 aliphatic heterocycles. The van der Waals surface area contributed by atoms with Gasteiger partial charge in [0.25, 0.3) is 0 Å². The third kappa shape index (κ3) is 3.50. The van der Waals surface area contributed by atoms with Gasteiger partial charge in [0, 0.05) is 24.8 Å². The Hall–Kier alpha value is -2.90. The number of carbonyl (C=O) groups excluding carboxylic acids is 4. The maximum absolute atomic E-state index is 13.8. The molecule has 1 aromatic heterocycles. The summed E-state index contributed by atoms with van der Waals surface area (Å²) in [5.41, 5.74) is -0.869. The number of ether oxygens (including phenoxy) is 3. The Morgan fingerprint density at radius 1 is 1.24 bits per heavy atom. The number of rotatable bonds is 4. The highest BCUT2D eigenvalue weighted by Crippen LogP contribution is 2.65. The van der Waals surface area contributed by atoms with E-state index in [0.29, 0.717) is 30.6 Å². The van der Waals surface area contributed by atoms with Gasteiger partial charge in [-0.05, 0) is 42.2 Å². The average Bonchev–Trinajstić information content (AvgIpc) is 3.23. The SMILES string of the molecule is C=Cc1occc1[C@H]1C[C@]2(C)[C@H]3C(=O)[C@@H](OC(C)=O)C[C@@H](C(=O)OC)[C@]3(C)CC[C@H]2C(=O)O1. The summed E-state index contributed by atoms with van der Waals surface area (Å²) in [6.07, 6.45) is 2.81. The van der Waals surface area contributed by atoms with Crippen molar-refractivity contribution in [3.8, 4) is 0 Å². The molecular weight excluding hydrogens is 428 g/mol. The molecule has 0 N–H and O–H groups in total. The number of cyclic esters (lactones) is 1. The van der Waals surface area contributed by atoms with Crippen molar-refractivity contribution in [3.63, 3.8) is 0 Å². The van der Waals surface area contributed by atoms with Crippen LogP contribution in [0.25, 0.3) is 6.08 Å². The van der Waals surface area contributed by atoms with Gasteiger partial charge in [-0.25, -0.2) is 0 Å². The Morgan fingerprint density at radius 3 is 2.61 bits per heavy atom. The van der Waals surface area contributed by atoms with E-state index < -0.39 is 52.7 Å². The fourth-order valence-electron chi connectivity index (χ4n) is 6.76. The molecule has 1 aromatic rings. The molecular formula is C25H30O8. The molecule has 33 heavy (non-hydrogen) atoms. The van der Waals surface area contributed by atoms with Crippen molar-refractivity contribution in [3.05, 3.63) is 30.2 Å². The lowest BCUT2D eigenvalue weighted by molar-refractivity contribution is -0.210. The van der Waals surface area contributed by atoms with E-state index in [-0.39, 0.29) is 18.2 Å². The number of hydrogen-bond acceptors (Lipinski definition) is 8. The van der Waals surface area contributed by atoms with E-state index in [1.54, 1.807) is 12.1 Å². The van der Waals surface area contributed by atoms with Crippen molar-refractivity contribution in [1.29, 1.82) is 0 Å². The summed E-state index contributed by atoms with van der Waals surface area (Å²) in [5.74, 6) is -2.98. The molecule has 0 spiro atoms. The number of furan rings is 1. The van der Waals surface area contributed by atoms with Gasteiger partial charge in [0.2, 0.25) is 0 Å². The predicted molar refractivity (Wildman–Crippen MR) is 115 cm³/mol. The van der Waals surface area contributed by atoms with Gasteiger partial charge in [0.15, 0.2) is 11.9 Å².